The summed E-state index contributed by atoms with van der Waals surface area (Å²) in [7, 11) is -3.56. The Labute approximate surface area is 175 Å². The summed E-state index contributed by atoms with van der Waals surface area (Å²) in [4.78, 5) is 0. The van der Waals surface area contributed by atoms with Gasteiger partial charge in [-0.1, -0.05) is 94.2 Å². The second-order valence-electron chi connectivity index (χ2n) is 7.89. The van der Waals surface area contributed by atoms with Crippen molar-refractivity contribution in [1.82, 2.24) is 5.09 Å². The zero-order chi connectivity index (χ0) is 20.2. The van der Waals surface area contributed by atoms with E-state index in [9.17, 15) is 4.57 Å². The van der Waals surface area contributed by atoms with E-state index < -0.39 is 7.75 Å². The molecular formula is C24H34NO3P. The summed E-state index contributed by atoms with van der Waals surface area (Å²) >= 11 is 0. The van der Waals surface area contributed by atoms with Crippen molar-refractivity contribution in [2.75, 3.05) is 0 Å². The zero-order valence-corrected chi connectivity index (χ0v) is 18.2. The summed E-state index contributed by atoms with van der Waals surface area (Å²) in [6.45, 7) is 0. The van der Waals surface area contributed by atoms with Crippen LogP contribution >= 0.6 is 7.75 Å². The third kappa shape index (κ3) is 8.24. The van der Waals surface area contributed by atoms with Crippen LogP contribution < -0.4 is 14.1 Å². The first-order chi connectivity index (χ1) is 14.2. The maximum atomic E-state index is 13.7. The van der Waals surface area contributed by atoms with Gasteiger partial charge in [0.05, 0.1) is 0 Å². The van der Waals surface area contributed by atoms with Crippen LogP contribution in [0.25, 0.3) is 0 Å². The summed E-state index contributed by atoms with van der Waals surface area (Å²) in [5.41, 5.74) is 0. The summed E-state index contributed by atoms with van der Waals surface area (Å²) in [6.07, 6.45) is 13.4. The van der Waals surface area contributed by atoms with Gasteiger partial charge in [0.1, 0.15) is 11.5 Å². The molecule has 0 bridgehead atoms. The van der Waals surface area contributed by atoms with E-state index in [0.717, 1.165) is 25.7 Å². The topological polar surface area (TPSA) is 47.6 Å². The molecule has 0 saturated heterocycles. The van der Waals surface area contributed by atoms with Gasteiger partial charge in [-0.25, -0.2) is 4.57 Å². The molecule has 0 radical (unpaired) electrons. The zero-order valence-electron chi connectivity index (χ0n) is 17.3. The highest BCUT2D eigenvalue weighted by Crippen LogP contribution is 2.46. The second-order valence-corrected chi connectivity index (χ2v) is 9.51. The lowest BCUT2D eigenvalue weighted by Gasteiger charge is -2.26. The van der Waals surface area contributed by atoms with Gasteiger partial charge in [0.15, 0.2) is 0 Å². The van der Waals surface area contributed by atoms with Gasteiger partial charge in [-0.2, -0.15) is 5.09 Å². The molecule has 0 heterocycles. The molecule has 1 aliphatic rings. The number of rotatable bonds is 6. The molecule has 158 valence electrons. The van der Waals surface area contributed by atoms with Crippen molar-refractivity contribution in [3.63, 3.8) is 0 Å². The molecule has 3 rings (SSSR count). The van der Waals surface area contributed by atoms with Gasteiger partial charge in [-0.3, -0.25) is 0 Å². The quantitative estimate of drug-likeness (QED) is 0.496. The Morgan fingerprint density at radius 2 is 1.00 bits per heavy atom. The van der Waals surface area contributed by atoms with Crippen molar-refractivity contribution in [2.24, 2.45) is 0 Å². The molecule has 0 aromatic heterocycles. The maximum Gasteiger partial charge on any atom is 0.513 e. The molecule has 2 aromatic rings. The van der Waals surface area contributed by atoms with Crippen molar-refractivity contribution >= 4 is 7.75 Å². The molecule has 1 saturated carbocycles. The molecular weight excluding hydrogens is 381 g/mol. The predicted molar refractivity (Wildman–Crippen MR) is 119 cm³/mol. The highest BCUT2D eigenvalue weighted by atomic mass is 31.2. The van der Waals surface area contributed by atoms with Crippen LogP contribution in [-0.2, 0) is 4.57 Å². The first kappa shape index (κ1) is 21.9. The maximum absolute atomic E-state index is 13.7. The second kappa shape index (κ2) is 12.0. The van der Waals surface area contributed by atoms with E-state index in [2.05, 4.69) is 5.09 Å². The van der Waals surface area contributed by atoms with Crippen LogP contribution in [0.4, 0.5) is 0 Å². The molecule has 1 fully saturated rings. The summed E-state index contributed by atoms with van der Waals surface area (Å²) < 4.78 is 25.5. The molecule has 0 spiro atoms. The minimum atomic E-state index is -3.56. The minimum Gasteiger partial charge on any atom is -0.405 e. The van der Waals surface area contributed by atoms with Crippen LogP contribution in [-0.4, -0.2) is 6.04 Å². The van der Waals surface area contributed by atoms with Gasteiger partial charge in [0.25, 0.3) is 0 Å². The molecule has 4 nitrogen and oxygen atoms in total. The SMILES string of the molecule is O=P(NC1CCCCCCCCCCC1)(Oc1ccccc1)Oc1ccccc1. The molecule has 0 aliphatic heterocycles. The Bertz CT molecular complexity index is 681. The Balaban J connectivity index is 1.71. The van der Waals surface area contributed by atoms with Crippen LogP contribution in [0, 0.1) is 0 Å². The van der Waals surface area contributed by atoms with E-state index in [4.69, 9.17) is 9.05 Å². The number of para-hydroxylation sites is 2. The van der Waals surface area contributed by atoms with Crippen LogP contribution in [0.2, 0.25) is 0 Å². The number of hydrogen-bond donors (Lipinski definition) is 1. The fraction of sp³-hybridized carbons (Fsp3) is 0.500. The first-order valence-corrected chi connectivity index (χ1v) is 12.6. The Morgan fingerprint density at radius 3 is 1.41 bits per heavy atom. The molecule has 0 unspecified atom stereocenters. The van der Waals surface area contributed by atoms with E-state index in [1.165, 1.54) is 44.9 Å². The van der Waals surface area contributed by atoms with Gasteiger partial charge in [0, 0.05) is 6.04 Å². The van der Waals surface area contributed by atoms with Crippen LogP contribution in [0.15, 0.2) is 60.7 Å². The highest BCUT2D eigenvalue weighted by molar-refractivity contribution is 7.52. The highest BCUT2D eigenvalue weighted by Gasteiger charge is 2.31. The lowest BCUT2D eigenvalue weighted by atomic mass is 9.98. The lowest BCUT2D eigenvalue weighted by molar-refractivity contribution is 0.346. The Morgan fingerprint density at radius 1 is 0.621 bits per heavy atom. The molecule has 1 aliphatic carbocycles. The lowest BCUT2D eigenvalue weighted by Crippen LogP contribution is -2.30. The normalized spacial score (nSPS) is 17.7. The van der Waals surface area contributed by atoms with Crippen molar-refractivity contribution < 1.29 is 13.6 Å². The molecule has 0 amide bonds. The van der Waals surface area contributed by atoms with Gasteiger partial charge in [0.2, 0.25) is 0 Å². The summed E-state index contributed by atoms with van der Waals surface area (Å²) in [6, 6.07) is 18.7. The molecule has 1 N–H and O–H groups in total. The van der Waals surface area contributed by atoms with Crippen LogP contribution in [0.3, 0.4) is 0 Å². The predicted octanol–water partition coefficient (Wildman–Crippen LogP) is 7.52. The van der Waals surface area contributed by atoms with Crippen molar-refractivity contribution in [3.8, 4) is 11.5 Å². The van der Waals surface area contributed by atoms with E-state index in [1.54, 1.807) is 0 Å². The number of hydrogen-bond acceptors (Lipinski definition) is 3. The van der Waals surface area contributed by atoms with Gasteiger partial charge in [-0.15, -0.1) is 0 Å². The number of benzene rings is 2. The Hall–Kier alpha value is -1.77. The molecule has 5 heteroatoms. The fourth-order valence-corrected chi connectivity index (χ4v) is 5.47. The van der Waals surface area contributed by atoms with Crippen molar-refractivity contribution in [3.05, 3.63) is 60.7 Å². The fourth-order valence-electron chi connectivity index (χ4n) is 3.83. The van der Waals surface area contributed by atoms with Crippen LogP contribution in [0.5, 0.6) is 11.5 Å². The van der Waals surface area contributed by atoms with Crippen LogP contribution in [0.1, 0.15) is 70.6 Å². The summed E-state index contributed by atoms with van der Waals surface area (Å²) in [5, 5.41) is 3.29. The third-order valence-corrected chi connectivity index (χ3v) is 6.97. The van der Waals surface area contributed by atoms with E-state index >= 15 is 0 Å². The third-order valence-electron chi connectivity index (χ3n) is 5.38. The van der Waals surface area contributed by atoms with Crippen molar-refractivity contribution in [1.29, 1.82) is 0 Å². The van der Waals surface area contributed by atoms with Crippen molar-refractivity contribution in [2.45, 2.75) is 76.7 Å². The van der Waals surface area contributed by atoms with Gasteiger partial charge in [-0.05, 0) is 37.1 Å². The number of nitrogens with one attached hydrogen (secondary N) is 1. The molecule has 0 atom stereocenters. The standard InChI is InChI=1S/C24H34NO3P/c26-29(27-23-18-12-8-13-19-23,28-24-20-14-9-15-21-24)25-22-16-10-6-4-2-1-3-5-7-11-17-22/h8-9,12-15,18-22H,1-7,10-11,16-17H2,(H,25,26). The average Bonchev–Trinajstić information content (AvgIpc) is 2.71. The van der Waals surface area contributed by atoms with Gasteiger partial charge >= 0.3 is 7.75 Å². The average molecular weight is 416 g/mol. The Kier molecular flexibility index (Phi) is 9.11. The molecule has 2 aromatic carbocycles. The summed E-state index contributed by atoms with van der Waals surface area (Å²) in [5.74, 6) is 1.10. The monoisotopic (exact) mass is 415 g/mol. The van der Waals surface area contributed by atoms with Gasteiger partial charge < -0.3 is 9.05 Å². The van der Waals surface area contributed by atoms with E-state index in [-0.39, 0.29) is 6.04 Å². The van der Waals surface area contributed by atoms with E-state index in [0.29, 0.717) is 11.5 Å². The first-order valence-electron chi connectivity index (χ1n) is 11.1. The smallest absolute Gasteiger partial charge is 0.405 e. The minimum absolute atomic E-state index is 0.132. The molecule has 29 heavy (non-hydrogen) atoms. The largest absolute Gasteiger partial charge is 0.513 e. The van der Waals surface area contributed by atoms with E-state index in [1.807, 2.05) is 60.7 Å².